The van der Waals surface area contributed by atoms with Gasteiger partial charge in [0.05, 0.1) is 6.61 Å². The molecule has 0 amide bonds. The predicted octanol–water partition coefficient (Wildman–Crippen LogP) is -1.32. The Morgan fingerprint density at radius 3 is 2.81 bits per heavy atom. The number of nitrogens with zero attached hydrogens (tertiary/aromatic N) is 5. The van der Waals surface area contributed by atoms with E-state index >= 15 is 0 Å². The van der Waals surface area contributed by atoms with Gasteiger partial charge in [0.1, 0.15) is 30.2 Å². The predicted molar refractivity (Wildman–Crippen MR) is 90.8 cm³/mol. The Hall–Kier alpha value is -1.92. The number of imidazole rings is 1. The van der Waals surface area contributed by atoms with E-state index < -0.39 is 39.0 Å². The molecule has 0 saturated carbocycles. The van der Waals surface area contributed by atoms with Gasteiger partial charge in [-0.3, -0.25) is 9.53 Å². The van der Waals surface area contributed by atoms with Crippen molar-refractivity contribution in [3.63, 3.8) is 0 Å². The number of anilines is 1. The van der Waals surface area contributed by atoms with E-state index in [1.165, 1.54) is 0 Å². The SMILES string of the molecule is CC1=NN(C)c2ccnc3c2n1c[n+]3C1OC(COP(=O)(O)O)C(O)C1O. The number of ether oxygens (including phenoxy) is 1. The largest absolute Gasteiger partial charge is 0.469 e. The Labute approximate surface area is 153 Å². The monoisotopic (exact) mass is 400 g/mol. The number of hydrazone groups is 1. The van der Waals surface area contributed by atoms with Crippen LogP contribution in [-0.2, 0) is 13.8 Å². The first-order valence-corrected chi connectivity index (χ1v) is 9.62. The van der Waals surface area contributed by atoms with Crippen molar-refractivity contribution in [2.45, 2.75) is 31.5 Å². The molecule has 0 spiro atoms. The summed E-state index contributed by atoms with van der Waals surface area (Å²) < 4.78 is 24.3. The van der Waals surface area contributed by atoms with Gasteiger partial charge in [-0.15, -0.1) is 10.1 Å². The average molecular weight is 400 g/mol. The molecule has 2 aromatic heterocycles. The zero-order valence-corrected chi connectivity index (χ0v) is 15.3. The Kier molecular flexibility index (Phi) is 4.31. The number of hydrogen-bond acceptors (Lipinski definition) is 8. The summed E-state index contributed by atoms with van der Waals surface area (Å²) >= 11 is 0. The van der Waals surface area contributed by atoms with E-state index in [2.05, 4.69) is 14.6 Å². The second kappa shape index (κ2) is 6.31. The smallest absolute Gasteiger partial charge is 0.387 e. The lowest BCUT2D eigenvalue weighted by atomic mass is 10.1. The van der Waals surface area contributed by atoms with Crippen molar-refractivity contribution < 1.29 is 38.4 Å². The number of phosphoric acid groups is 1. The van der Waals surface area contributed by atoms with Crippen molar-refractivity contribution in [3.8, 4) is 0 Å². The van der Waals surface area contributed by atoms with Crippen LogP contribution in [0, 0.1) is 0 Å². The Balaban J connectivity index is 1.72. The van der Waals surface area contributed by atoms with Crippen LogP contribution in [0.3, 0.4) is 0 Å². The summed E-state index contributed by atoms with van der Waals surface area (Å²) in [4.78, 5) is 22.0. The fraction of sp³-hybridized carbons (Fsp3) is 0.500. The summed E-state index contributed by atoms with van der Waals surface area (Å²) in [7, 11) is -2.92. The van der Waals surface area contributed by atoms with E-state index in [0.29, 0.717) is 11.5 Å². The fourth-order valence-corrected chi connectivity index (χ4v) is 3.71. The van der Waals surface area contributed by atoms with E-state index in [-0.39, 0.29) is 0 Å². The third-order valence-electron chi connectivity index (χ3n) is 4.62. The van der Waals surface area contributed by atoms with Crippen molar-refractivity contribution in [2.75, 3.05) is 18.7 Å². The fourth-order valence-electron chi connectivity index (χ4n) is 3.37. The minimum atomic E-state index is -4.73. The van der Waals surface area contributed by atoms with Crippen molar-refractivity contribution in [1.82, 2.24) is 9.55 Å². The molecule has 0 aromatic carbocycles. The van der Waals surface area contributed by atoms with Gasteiger partial charge in [-0.05, 0) is 0 Å². The maximum absolute atomic E-state index is 10.9. The van der Waals surface area contributed by atoms with Gasteiger partial charge >= 0.3 is 13.5 Å². The van der Waals surface area contributed by atoms with Crippen LogP contribution in [0.15, 0.2) is 23.7 Å². The molecular weight excluding hydrogens is 381 g/mol. The first kappa shape index (κ1) is 18.4. The minimum absolute atomic E-state index is 0.501. The van der Waals surface area contributed by atoms with Gasteiger partial charge in [-0.2, -0.15) is 0 Å². The van der Waals surface area contributed by atoms with Crippen molar-refractivity contribution in [1.29, 1.82) is 0 Å². The molecule has 27 heavy (non-hydrogen) atoms. The molecule has 146 valence electrons. The van der Waals surface area contributed by atoms with Crippen molar-refractivity contribution >= 4 is 30.5 Å². The van der Waals surface area contributed by atoms with E-state index in [9.17, 15) is 14.8 Å². The highest BCUT2D eigenvalue weighted by Crippen LogP contribution is 2.38. The molecule has 13 heteroatoms. The van der Waals surface area contributed by atoms with Crippen LogP contribution in [0.25, 0.3) is 11.2 Å². The lowest BCUT2D eigenvalue weighted by Crippen LogP contribution is -2.46. The van der Waals surface area contributed by atoms with E-state index in [1.807, 2.05) is 6.92 Å². The van der Waals surface area contributed by atoms with Crippen LogP contribution in [0.4, 0.5) is 5.69 Å². The van der Waals surface area contributed by atoms with Crippen LogP contribution in [-0.4, -0.2) is 67.4 Å². The number of aliphatic hydroxyl groups is 2. The number of hydrogen-bond donors (Lipinski definition) is 4. The van der Waals surface area contributed by atoms with Gasteiger partial charge in [0, 0.05) is 20.0 Å². The molecule has 2 aliphatic heterocycles. The number of aromatic nitrogens is 3. The van der Waals surface area contributed by atoms with Gasteiger partial charge in [0.15, 0.2) is 12.2 Å². The van der Waals surface area contributed by atoms with Gasteiger partial charge in [-0.25, -0.2) is 13.7 Å². The highest BCUT2D eigenvalue weighted by atomic mass is 31.2. The molecule has 4 unspecified atom stereocenters. The lowest BCUT2D eigenvalue weighted by Gasteiger charge is -2.17. The van der Waals surface area contributed by atoms with Crippen LogP contribution >= 0.6 is 7.82 Å². The summed E-state index contributed by atoms with van der Waals surface area (Å²) in [5.41, 5.74) is 2.06. The van der Waals surface area contributed by atoms with Crippen LogP contribution in [0.2, 0.25) is 0 Å². The topological polar surface area (TPSA) is 154 Å². The Morgan fingerprint density at radius 1 is 1.37 bits per heavy atom. The second-order valence-corrected chi connectivity index (χ2v) is 7.64. The second-order valence-electron chi connectivity index (χ2n) is 6.40. The lowest BCUT2D eigenvalue weighted by molar-refractivity contribution is -0.745. The van der Waals surface area contributed by atoms with Crippen LogP contribution < -0.4 is 9.58 Å². The van der Waals surface area contributed by atoms with Crippen LogP contribution in [0.1, 0.15) is 13.2 Å². The molecule has 4 N–H and O–H groups in total. The first-order valence-electron chi connectivity index (χ1n) is 8.09. The molecule has 2 aromatic rings. The number of phosphoric ester groups is 1. The van der Waals surface area contributed by atoms with E-state index in [4.69, 9.17) is 14.5 Å². The number of aliphatic hydroxyl groups excluding tert-OH is 2. The van der Waals surface area contributed by atoms with Gasteiger partial charge in [-0.1, -0.05) is 0 Å². The van der Waals surface area contributed by atoms with Gasteiger partial charge in [0.2, 0.25) is 11.7 Å². The quantitative estimate of drug-likeness (QED) is 0.362. The third-order valence-corrected chi connectivity index (χ3v) is 5.10. The molecule has 4 heterocycles. The molecule has 1 saturated heterocycles. The van der Waals surface area contributed by atoms with Crippen molar-refractivity contribution in [3.05, 3.63) is 18.6 Å². The minimum Gasteiger partial charge on any atom is -0.387 e. The molecule has 4 rings (SSSR count). The zero-order chi connectivity index (χ0) is 19.5. The number of rotatable bonds is 4. The maximum Gasteiger partial charge on any atom is 0.469 e. The molecule has 4 atom stereocenters. The molecule has 1 fully saturated rings. The molecule has 2 aliphatic rings. The molecular formula is C14H19N5O7P+. The summed E-state index contributed by atoms with van der Waals surface area (Å²) in [5.74, 6) is 0.677. The normalized spacial score (nSPS) is 28.1. The average Bonchev–Trinajstić information content (AvgIpc) is 3.11. The van der Waals surface area contributed by atoms with E-state index in [0.717, 1.165) is 11.2 Å². The Bertz CT molecular complexity index is 972. The van der Waals surface area contributed by atoms with Crippen molar-refractivity contribution in [2.24, 2.45) is 5.10 Å². The Morgan fingerprint density at radius 2 is 2.11 bits per heavy atom. The van der Waals surface area contributed by atoms with Gasteiger partial charge in [0.25, 0.3) is 0 Å². The standard InChI is InChI=1S/C14H18N5O7P/c1-7-16-17(2)8-3-4-15-13-10(8)18(7)6-19(13)14-12(21)11(20)9(26-14)5-25-27(22,23)24/h3-4,6,9,11-12,14,20-21H,5H2,1-2H3,(H-,22,23,24)/p+1. The highest BCUT2D eigenvalue weighted by Gasteiger charge is 2.48. The maximum atomic E-state index is 10.9. The summed E-state index contributed by atoms with van der Waals surface area (Å²) in [6, 6.07) is 1.80. The first-order chi connectivity index (χ1) is 12.7. The van der Waals surface area contributed by atoms with E-state index in [1.54, 1.807) is 39.8 Å². The summed E-state index contributed by atoms with van der Waals surface area (Å²) in [6.45, 7) is 1.24. The number of pyridine rings is 1. The van der Waals surface area contributed by atoms with Crippen LogP contribution in [0.5, 0.6) is 0 Å². The highest BCUT2D eigenvalue weighted by molar-refractivity contribution is 7.46. The molecule has 0 aliphatic carbocycles. The molecule has 12 nitrogen and oxygen atoms in total. The summed E-state index contributed by atoms with van der Waals surface area (Å²) in [6.07, 6.45) is -1.63. The van der Waals surface area contributed by atoms with Gasteiger partial charge < -0.3 is 24.7 Å². The molecule has 0 radical (unpaired) electrons. The third kappa shape index (κ3) is 3.05. The summed E-state index contributed by atoms with van der Waals surface area (Å²) in [5, 5.41) is 26.8. The zero-order valence-electron chi connectivity index (χ0n) is 14.4. The molecule has 0 bridgehead atoms.